The summed E-state index contributed by atoms with van der Waals surface area (Å²) in [6.45, 7) is 8.39. The molecule has 3 aromatic rings. The molecule has 1 heterocycles. The Balaban J connectivity index is 1.83. The number of amides is 1. The molecule has 2 aromatic carbocycles. The molecule has 164 valence electrons. The Morgan fingerprint density at radius 3 is 2.25 bits per heavy atom. The van der Waals surface area contributed by atoms with E-state index < -0.39 is 5.56 Å². The van der Waals surface area contributed by atoms with Crippen LogP contribution >= 0.6 is 11.8 Å². The van der Waals surface area contributed by atoms with Crippen LogP contribution < -0.4 is 10.9 Å². The first kappa shape index (κ1) is 23.3. The van der Waals surface area contributed by atoms with E-state index in [1.54, 1.807) is 12.1 Å². The topological polar surface area (TPSA) is 98.6 Å². The summed E-state index contributed by atoms with van der Waals surface area (Å²) in [7, 11) is 0. The summed E-state index contributed by atoms with van der Waals surface area (Å²) in [6, 6.07) is 17.1. The summed E-state index contributed by atoms with van der Waals surface area (Å²) >= 11 is 1.13. The molecule has 0 unspecified atom stereocenters. The molecule has 0 fully saturated rings. The minimum absolute atomic E-state index is 0.0440. The fourth-order valence-electron chi connectivity index (χ4n) is 3.43. The summed E-state index contributed by atoms with van der Waals surface area (Å²) in [5.74, 6) is 0.425. The molecule has 0 aliphatic rings. The van der Waals surface area contributed by atoms with Crippen LogP contribution in [0.5, 0.6) is 0 Å². The van der Waals surface area contributed by atoms with Gasteiger partial charge in [-0.3, -0.25) is 9.59 Å². The molecule has 0 radical (unpaired) electrons. The van der Waals surface area contributed by atoms with Crippen LogP contribution in [0.4, 0.5) is 5.69 Å². The van der Waals surface area contributed by atoms with Gasteiger partial charge in [0.2, 0.25) is 5.91 Å². The Morgan fingerprint density at radius 1 is 1.06 bits per heavy atom. The zero-order valence-corrected chi connectivity index (χ0v) is 19.4. The smallest absolute Gasteiger partial charge is 0.270 e. The number of para-hydroxylation sites is 1. The van der Waals surface area contributed by atoms with Crippen LogP contribution in [0.1, 0.15) is 56.2 Å². The molecule has 0 spiro atoms. The molecule has 3 rings (SSSR count). The highest BCUT2D eigenvalue weighted by atomic mass is 32.2. The van der Waals surface area contributed by atoms with Crippen molar-refractivity contribution in [2.75, 3.05) is 11.1 Å². The largest absolute Gasteiger partial charge is 0.325 e. The van der Waals surface area contributed by atoms with E-state index >= 15 is 0 Å². The number of aromatic amines is 1. The maximum absolute atomic E-state index is 12.8. The number of hydrogen-bond donors (Lipinski definition) is 2. The van der Waals surface area contributed by atoms with Gasteiger partial charge in [-0.1, -0.05) is 88.0 Å². The van der Waals surface area contributed by atoms with Crippen LogP contribution in [0.15, 0.2) is 58.5 Å². The molecule has 1 amide bonds. The maximum Gasteiger partial charge on any atom is 0.270 e. The van der Waals surface area contributed by atoms with Crippen molar-refractivity contribution in [1.29, 1.82) is 5.26 Å². The molecule has 7 heteroatoms. The average molecular weight is 447 g/mol. The SMILES string of the molecule is CC(C)c1cccc(C(C)C)c1NC(=O)CSc1nc(-c2ccccc2)c(C#N)c(=O)[nH]1. The van der Waals surface area contributed by atoms with E-state index in [1.807, 2.05) is 42.5 Å². The van der Waals surface area contributed by atoms with E-state index in [4.69, 9.17) is 0 Å². The second kappa shape index (κ2) is 10.3. The lowest BCUT2D eigenvalue weighted by Crippen LogP contribution is -2.19. The summed E-state index contributed by atoms with van der Waals surface area (Å²) in [6.07, 6.45) is 0. The normalized spacial score (nSPS) is 10.9. The lowest BCUT2D eigenvalue weighted by molar-refractivity contribution is -0.113. The quantitative estimate of drug-likeness (QED) is 0.380. The molecule has 2 N–H and O–H groups in total. The lowest BCUT2D eigenvalue weighted by atomic mass is 9.92. The molecule has 32 heavy (non-hydrogen) atoms. The van der Waals surface area contributed by atoms with Crippen molar-refractivity contribution in [3.8, 4) is 17.3 Å². The van der Waals surface area contributed by atoms with E-state index in [2.05, 4.69) is 43.0 Å². The molecular formula is C25H26N4O2S. The summed E-state index contributed by atoms with van der Waals surface area (Å²) in [4.78, 5) is 32.3. The molecule has 0 saturated heterocycles. The van der Waals surface area contributed by atoms with Gasteiger partial charge >= 0.3 is 0 Å². The standard InChI is InChI=1S/C25H26N4O2S/c1-15(2)18-11-8-12-19(16(3)4)23(18)27-21(30)14-32-25-28-22(17-9-6-5-7-10-17)20(13-26)24(31)29-25/h5-12,15-16H,14H2,1-4H3,(H,27,30)(H,28,29,31). The highest BCUT2D eigenvalue weighted by Crippen LogP contribution is 2.32. The van der Waals surface area contributed by atoms with Gasteiger partial charge in [-0.05, 0) is 23.0 Å². The molecule has 1 aromatic heterocycles. The number of hydrogen-bond acceptors (Lipinski definition) is 5. The fourth-order valence-corrected chi connectivity index (χ4v) is 4.10. The Morgan fingerprint density at radius 2 is 1.69 bits per heavy atom. The first-order valence-corrected chi connectivity index (χ1v) is 11.5. The van der Waals surface area contributed by atoms with E-state index in [0.29, 0.717) is 16.4 Å². The summed E-state index contributed by atoms with van der Waals surface area (Å²) in [5.41, 5.74) is 3.46. The second-order valence-corrected chi connectivity index (χ2v) is 8.99. The molecule has 0 atom stereocenters. The fraction of sp³-hybridized carbons (Fsp3) is 0.280. The van der Waals surface area contributed by atoms with Gasteiger partial charge in [0.25, 0.3) is 5.56 Å². The van der Waals surface area contributed by atoms with Gasteiger partial charge in [0, 0.05) is 11.3 Å². The van der Waals surface area contributed by atoms with E-state index in [9.17, 15) is 14.9 Å². The molecule has 0 saturated carbocycles. The van der Waals surface area contributed by atoms with E-state index in [0.717, 1.165) is 28.6 Å². The van der Waals surface area contributed by atoms with Gasteiger partial charge in [0.05, 0.1) is 11.4 Å². The third kappa shape index (κ3) is 5.27. The van der Waals surface area contributed by atoms with Gasteiger partial charge in [0.15, 0.2) is 5.16 Å². The Hall–Kier alpha value is -3.37. The number of nitrogens with one attached hydrogen (secondary N) is 2. The van der Waals surface area contributed by atoms with Crippen LogP contribution in [0.25, 0.3) is 11.3 Å². The predicted octanol–water partition coefficient (Wildman–Crippen LogP) is 5.29. The third-order valence-electron chi connectivity index (χ3n) is 5.03. The number of nitriles is 1. The van der Waals surface area contributed by atoms with E-state index in [1.165, 1.54) is 0 Å². The number of aromatic nitrogens is 2. The van der Waals surface area contributed by atoms with Gasteiger partial charge < -0.3 is 10.3 Å². The summed E-state index contributed by atoms with van der Waals surface area (Å²) < 4.78 is 0. The van der Waals surface area contributed by atoms with Crippen molar-refractivity contribution in [2.24, 2.45) is 0 Å². The van der Waals surface area contributed by atoms with Gasteiger partial charge in [-0.2, -0.15) is 5.26 Å². The monoisotopic (exact) mass is 446 g/mol. The molecule has 0 bridgehead atoms. The number of rotatable bonds is 7. The number of carbonyl (C=O) groups is 1. The number of benzene rings is 2. The number of thioether (sulfide) groups is 1. The highest BCUT2D eigenvalue weighted by molar-refractivity contribution is 7.99. The van der Waals surface area contributed by atoms with Crippen LogP contribution in [0.3, 0.4) is 0 Å². The number of anilines is 1. The molecule has 0 aliphatic heterocycles. The average Bonchev–Trinajstić information content (AvgIpc) is 2.77. The van der Waals surface area contributed by atoms with Gasteiger partial charge in [0.1, 0.15) is 11.6 Å². The maximum atomic E-state index is 12.8. The predicted molar refractivity (Wildman–Crippen MR) is 129 cm³/mol. The van der Waals surface area contributed by atoms with Gasteiger partial charge in [-0.15, -0.1) is 0 Å². The lowest BCUT2D eigenvalue weighted by Gasteiger charge is -2.20. The van der Waals surface area contributed by atoms with Crippen molar-refractivity contribution in [1.82, 2.24) is 9.97 Å². The molecule has 6 nitrogen and oxygen atoms in total. The zero-order valence-electron chi connectivity index (χ0n) is 18.6. The van der Waals surface area contributed by atoms with Crippen molar-refractivity contribution < 1.29 is 4.79 Å². The van der Waals surface area contributed by atoms with Crippen molar-refractivity contribution >= 4 is 23.4 Å². The molecular weight excluding hydrogens is 420 g/mol. The zero-order chi connectivity index (χ0) is 23.3. The second-order valence-electron chi connectivity index (χ2n) is 8.03. The van der Waals surface area contributed by atoms with Crippen LogP contribution in [0, 0.1) is 11.3 Å². The van der Waals surface area contributed by atoms with Crippen molar-refractivity contribution in [3.05, 3.63) is 75.6 Å². The first-order chi connectivity index (χ1) is 15.3. The summed E-state index contributed by atoms with van der Waals surface area (Å²) in [5, 5.41) is 12.8. The highest BCUT2D eigenvalue weighted by Gasteiger charge is 2.17. The Bertz CT molecular complexity index is 1180. The third-order valence-corrected chi connectivity index (χ3v) is 5.91. The van der Waals surface area contributed by atoms with Crippen molar-refractivity contribution in [3.63, 3.8) is 0 Å². The minimum Gasteiger partial charge on any atom is -0.325 e. The first-order valence-electron chi connectivity index (χ1n) is 10.5. The van der Waals surface area contributed by atoms with Crippen LogP contribution in [-0.2, 0) is 4.79 Å². The Labute approximate surface area is 192 Å². The number of carbonyl (C=O) groups excluding carboxylic acids is 1. The minimum atomic E-state index is -0.517. The van der Waals surface area contributed by atoms with E-state index in [-0.39, 0.29) is 29.1 Å². The van der Waals surface area contributed by atoms with Crippen molar-refractivity contribution in [2.45, 2.75) is 44.7 Å². The van der Waals surface area contributed by atoms with Gasteiger partial charge in [-0.25, -0.2) is 4.98 Å². The molecule has 0 aliphatic carbocycles. The number of H-pyrrole nitrogens is 1. The van der Waals surface area contributed by atoms with Crippen LogP contribution in [0.2, 0.25) is 0 Å². The van der Waals surface area contributed by atoms with Crippen LogP contribution in [-0.4, -0.2) is 21.6 Å². The number of nitrogens with zero attached hydrogens (tertiary/aromatic N) is 2. The Kier molecular flexibility index (Phi) is 7.49.